The molecule has 0 spiro atoms. The maximum Gasteiger partial charge on any atom is 0.153 e. The van der Waals surface area contributed by atoms with E-state index in [4.69, 9.17) is 9.47 Å². The monoisotopic (exact) mass is 699 g/mol. The molecule has 50 heavy (non-hydrogen) atoms. The summed E-state index contributed by atoms with van der Waals surface area (Å²) in [7, 11) is 0. The van der Waals surface area contributed by atoms with Gasteiger partial charge in [0.1, 0.15) is 11.5 Å². The van der Waals surface area contributed by atoms with Crippen LogP contribution in [0.15, 0.2) is 18.2 Å². The van der Waals surface area contributed by atoms with Crippen molar-refractivity contribution >= 4 is 6.29 Å². The summed E-state index contributed by atoms with van der Waals surface area (Å²) in [5.74, 6) is 7.84. The molecule has 0 aliphatic carbocycles. The zero-order valence-corrected chi connectivity index (χ0v) is 35.2. The summed E-state index contributed by atoms with van der Waals surface area (Å²) in [6.07, 6.45) is 27.4. The van der Waals surface area contributed by atoms with E-state index < -0.39 is 0 Å². The lowest BCUT2D eigenvalue weighted by atomic mass is 9.91. The number of hydrogen-bond acceptors (Lipinski definition) is 3. The normalized spacial score (nSPS) is 15.5. The molecule has 3 heteroatoms. The summed E-state index contributed by atoms with van der Waals surface area (Å²) in [6, 6.07) is 5.66. The van der Waals surface area contributed by atoms with Crippen molar-refractivity contribution in [3.05, 3.63) is 23.8 Å². The Bertz CT molecular complexity index is 938. The van der Waals surface area contributed by atoms with Crippen molar-refractivity contribution in [2.75, 3.05) is 13.2 Å². The fraction of sp³-hybridized carbons (Fsp3) is 0.851. The number of rotatable bonds is 33. The molecule has 0 radical (unpaired) electrons. The third kappa shape index (κ3) is 25.4. The van der Waals surface area contributed by atoms with E-state index >= 15 is 0 Å². The quantitative estimate of drug-likeness (QED) is 0.0686. The molecular weight excluding hydrogens is 613 g/mol. The average molecular weight is 699 g/mol. The first kappa shape index (κ1) is 46.5. The zero-order valence-electron chi connectivity index (χ0n) is 35.2. The van der Waals surface area contributed by atoms with Gasteiger partial charge in [-0.1, -0.05) is 185 Å². The largest absolute Gasteiger partial charge is 0.493 e. The molecular formula is C47H86O3. The molecule has 0 saturated heterocycles. The van der Waals surface area contributed by atoms with E-state index in [0.717, 1.165) is 60.4 Å². The third-order valence-corrected chi connectivity index (χ3v) is 11.4. The molecule has 0 aliphatic heterocycles. The van der Waals surface area contributed by atoms with Crippen molar-refractivity contribution in [3.8, 4) is 11.5 Å². The van der Waals surface area contributed by atoms with Gasteiger partial charge in [0.15, 0.2) is 6.29 Å². The molecule has 1 aromatic carbocycles. The molecule has 0 amide bonds. The predicted molar refractivity (Wildman–Crippen MR) is 220 cm³/mol. The van der Waals surface area contributed by atoms with Crippen molar-refractivity contribution in [1.82, 2.24) is 0 Å². The Labute approximate surface area is 313 Å². The molecule has 6 atom stereocenters. The number of hydrogen-bond donors (Lipinski definition) is 0. The smallest absolute Gasteiger partial charge is 0.153 e. The first-order valence-corrected chi connectivity index (χ1v) is 21.7. The molecule has 0 bridgehead atoms. The van der Waals surface area contributed by atoms with Crippen LogP contribution in [-0.4, -0.2) is 19.5 Å². The highest BCUT2D eigenvalue weighted by Crippen LogP contribution is 2.27. The number of carbonyl (C=O) groups is 1. The maximum atomic E-state index is 11.7. The molecule has 2 unspecified atom stereocenters. The number of ether oxygens (including phenoxy) is 2. The fourth-order valence-corrected chi connectivity index (χ4v) is 7.45. The van der Waals surface area contributed by atoms with Crippen LogP contribution in [0.3, 0.4) is 0 Å². The second-order valence-electron chi connectivity index (χ2n) is 18.1. The van der Waals surface area contributed by atoms with E-state index in [0.29, 0.717) is 36.4 Å². The van der Waals surface area contributed by atoms with E-state index in [1.54, 1.807) is 0 Å². The Morgan fingerprint density at radius 2 is 0.760 bits per heavy atom. The molecule has 1 rings (SSSR count). The Balaban J connectivity index is 2.22. The number of carbonyl (C=O) groups excluding carboxylic acids is 1. The second-order valence-corrected chi connectivity index (χ2v) is 18.1. The van der Waals surface area contributed by atoms with Crippen molar-refractivity contribution < 1.29 is 14.3 Å². The Hall–Kier alpha value is -1.51. The van der Waals surface area contributed by atoms with Crippen LogP contribution in [0.5, 0.6) is 11.5 Å². The number of benzene rings is 1. The minimum Gasteiger partial charge on any atom is -0.493 e. The average Bonchev–Trinajstić information content (AvgIpc) is 3.04. The zero-order chi connectivity index (χ0) is 37.1. The van der Waals surface area contributed by atoms with Crippen LogP contribution in [0.2, 0.25) is 0 Å². The van der Waals surface area contributed by atoms with Crippen LogP contribution in [0.1, 0.15) is 208 Å². The fourth-order valence-electron chi connectivity index (χ4n) is 7.45. The van der Waals surface area contributed by atoms with Gasteiger partial charge in [-0.2, -0.15) is 0 Å². The first-order chi connectivity index (χ1) is 23.9. The van der Waals surface area contributed by atoms with Gasteiger partial charge in [0.05, 0.1) is 18.8 Å². The van der Waals surface area contributed by atoms with E-state index in [-0.39, 0.29) is 0 Å². The van der Waals surface area contributed by atoms with Crippen molar-refractivity contribution in [2.45, 2.75) is 198 Å². The van der Waals surface area contributed by atoms with E-state index in [1.165, 1.54) is 116 Å². The van der Waals surface area contributed by atoms with Crippen LogP contribution in [0.4, 0.5) is 0 Å². The minimum atomic E-state index is 0.608. The van der Waals surface area contributed by atoms with Crippen LogP contribution in [-0.2, 0) is 0 Å². The van der Waals surface area contributed by atoms with E-state index in [2.05, 4.69) is 69.2 Å². The van der Waals surface area contributed by atoms with Gasteiger partial charge in [0, 0.05) is 6.07 Å². The van der Waals surface area contributed by atoms with Gasteiger partial charge in [-0.25, -0.2) is 0 Å². The lowest BCUT2D eigenvalue weighted by Crippen LogP contribution is -2.07. The summed E-state index contributed by atoms with van der Waals surface area (Å²) < 4.78 is 12.3. The molecule has 3 nitrogen and oxygen atoms in total. The van der Waals surface area contributed by atoms with E-state index in [9.17, 15) is 4.79 Å². The SMILES string of the molecule is CC(C)CCC[C@@H](C)CCC[C@@H](C)CCCC(C)CCOc1ccc(C=O)c(OCCC(C)CCC[C@H](C)CCC[C@H](C)CCCC(C)C)c1. The van der Waals surface area contributed by atoms with E-state index in [1.807, 2.05) is 18.2 Å². The van der Waals surface area contributed by atoms with Crippen molar-refractivity contribution in [3.63, 3.8) is 0 Å². The Morgan fingerprint density at radius 1 is 0.440 bits per heavy atom. The van der Waals surface area contributed by atoms with Crippen LogP contribution in [0, 0.1) is 47.3 Å². The summed E-state index contributed by atoms with van der Waals surface area (Å²) in [6.45, 7) is 25.2. The van der Waals surface area contributed by atoms with Crippen molar-refractivity contribution in [2.24, 2.45) is 47.3 Å². The van der Waals surface area contributed by atoms with Crippen LogP contribution in [0.25, 0.3) is 0 Å². The van der Waals surface area contributed by atoms with Gasteiger partial charge in [0.25, 0.3) is 0 Å². The van der Waals surface area contributed by atoms with Crippen molar-refractivity contribution in [1.29, 1.82) is 0 Å². The predicted octanol–water partition coefficient (Wildman–Crippen LogP) is 15.2. The summed E-state index contributed by atoms with van der Waals surface area (Å²) in [5.41, 5.74) is 0.608. The lowest BCUT2D eigenvalue weighted by molar-refractivity contribution is 0.111. The first-order valence-electron chi connectivity index (χ1n) is 21.7. The standard InChI is InChI=1S/C47H86O3/c1-37(2)17-11-19-39(5)21-13-23-41(7)25-15-27-43(9)31-33-49-46-30-29-45(36-48)47(35-46)50-34-32-44(10)28-16-26-42(8)24-14-22-40(6)20-12-18-38(3)4/h29-30,35-44H,11-28,31-34H2,1-10H3/t39-,40-,41-,42-,43?,44?/m1/s1. The van der Waals surface area contributed by atoms with Gasteiger partial charge in [-0.15, -0.1) is 0 Å². The van der Waals surface area contributed by atoms with Gasteiger partial charge >= 0.3 is 0 Å². The van der Waals surface area contributed by atoms with Gasteiger partial charge in [-0.3, -0.25) is 4.79 Å². The molecule has 0 aliphatic rings. The van der Waals surface area contributed by atoms with Gasteiger partial charge in [-0.05, 0) is 72.3 Å². The molecule has 0 aromatic heterocycles. The highest BCUT2D eigenvalue weighted by Gasteiger charge is 2.12. The summed E-state index contributed by atoms with van der Waals surface area (Å²) in [5, 5.41) is 0. The molecule has 0 N–H and O–H groups in total. The third-order valence-electron chi connectivity index (χ3n) is 11.4. The highest BCUT2D eigenvalue weighted by atomic mass is 16.5. The molecule has 0 heterocycles. The second kappa shape index (κ2) is 29.0. The van der Waals surface area contributed by atoms with Crippen LogP contribution < -0.4 is 9.47 Å². The van der Waals surface area contributed by atoms with Crippen LogP contribution >= 0.6 is 0 Å². The number of aldehydes is 1. The molecule has 1 aromatic rings. The summed E-state index contributed by atoms with van der Waals surface area (Å²) >= 11 is 0. The molecule has 292 valence electrons. The minimum absolute atomic E-state index is 0.608. The molecule has 0 saturated carbocycles. The lowest BCUT2D eigenvalue weighted by Gasteiger charge is -2.17. The topological polar surface area (TPSA) is 35.5 Å². The molecule has 0 fully saturated rings. The van der Waals surface area contributed by atoms with Gasteiger partial charge < -0.3 is 9.47 Å². The highest BCUT2D eigenvalue weighted by molar-refractivity contribution is 5.79. The maximum absolute atomic E-state index is 11.7. The van der Waals surface area contributed by atoms with Gasteiger partial charge in [0.2, 0.25) is 0 Å². The summed E-state index contributed by atoms with van der Waals surface area (Å²) in [4.78, 5) is 11.7. The Kier molecular flexibility index (Phi) is 27.0. The Morgan fingerprint density at radius 3 is 1.10 bits per heavy atom.